The number of hydrogen-bond donors (Lipinski definition) is 2. The van der Waals surface area contributed by atoms with E-state index in [1.807, 2.05) is 13.8 Å². The molecule has 1 aliphatic rings. The van der Waals surface area contributed by atoms with Gasteiger partial charge in [0.15, 0.2) is 0 Å². The lowest BCUT2D eigenvalue weighted by Gasteiger charge is -2.16. The summed E-state index contributed by atoms with van der Waals surface area (Å²) in [5.74, 6) is 0.818. The van der Waals surface area contributed by atoms with Crippen molar-refractivity contribution in [3.63, 3.8) is 0 Å². The summed E-state index contributed by atoms with van der Waals surface area (Å²) in [6.07, 6.45) is 2.66. The fraction of sp³-hybridized carbons (Fsp3) is 0.471. The number of fused-ring (bicyclic) bond motifs is 1. The highest BCUT2D eigenvalue weighted by Gasteiger charge is 2.20. The van der Waals surface area contributed by atoms with E-state index >= 15 is 0 Å². The van der Waals surface area contributed by atoms with Gasteiger partial charge >= 0.3 is 5.69 Å². The van der Waals surface area contributed by atoms with Gasteiger partial charge in [0.1, 0.15) is 5.82 Å². The lowest BCUT2D eigenvalue weighted by atomic mass is 10.0. The third kappa shape index (κ3) is 3.52. The van der Waals surface area contributed by atoms with Gasteiger partial charge in [-0.1, -0.05) is 23.8 Å². The van der Waals surface area contributed by atoms with Crippen LogP contribution in [0.4, 0.5) is 0 Å². The minimum absolute atomic E-state index is 0.0390. The van der Waals surface area contributed by atoms with Crippen LogP contribution in [0.5, 0.6) is 0 Å². The summed E-state index contributed by atoms with van der Waals surface area (Å²) in [4.78, 5) is 23.9. The molecule has 2 N–H and O–H groups in total. The predicted molar refractivity (Wildman–Crippen MR) is 87.3 cm³/mol. The van der Waals surface area contributed by atoms with Crippen LogP contribution in [0.3, 0.4) is 0 Å². The molecule has 0 aliphatic carbocycles. The third-order valence-corrected chi connectivity index (χ3v) is 4.48. The van der Waals surface area contributed by atoms with Crippen LogP contribution in [-0.4, -0.2) is 26.7 Å². The molecule has 1 amide bonds. The Hall–Kier alpha value is -2.37. The van der Waals surface area contributed by atoms with Crippen molar-refractivity contribution in [2.24, 2.45) is 0 Å². The molecular formula is C17H22N4O2. The van der Waals surface area contributed by atoms with Crippen LogP contribution in [0.1, 0.15) is 35.4 Å². The molecule has 1 atom stereocenters. The summed E-state index contributed by atoms with van der Waals surface area (Å²) in [6, 6.07) is 6.27. The Balaban J connectivity index is 1.60. The largest absolute Gasteiger partial charge is 0.353 e. The Morgan fingerprint density at radius 2 is 2.22 bits per heavy atom. The minimum atomic E-state index is -0.164. The highest BCUT2D eigenvalue weighted by atomic mass is 16.2. The molecule has 6 heteroatoms. The van der Waals surface area contributed by atoms with Gasteiger partial charge in [0, 0.05) is 19.0 Å². The molecule has 0 radical (unpaired) electrons. The number of aromatic amines is 1. The van der Waals surface area contributed by atoms with Gasteiger partial charge in [0.2, 0.25) is 5.91 Å². The summed E-state index contributed by atoms with van der Waals surface area (Å²) in [7, 11) is 0. The van der Waals surface area contributed by atoms with E-state index in [4.69, 9.17) is 0 Å². The van der Waals surface area contributed by atoms with Crippen molar-refractivity contribution in [2.75, 3.05) is 0 Å². The number of aromatic nitrogens is 3. The van der Waals surface area contributed by atoms with Gasteiger partial charge in [-0.25, -0.2) is 9.89 Å². The number of hydrogen-bond acceptors (Lipinski definition) is 3. The first-order valence-corrected chi connectivity index (χ1v) is 8.02. The van der Waals surface area contributed by atoms with Gasteiger partial charge in [-0.2, -0.15) is 5.10 Å². The molecule has 1 unspecified atom stereocenters. The van der Waals surface area contributed by atoms with Gasteiger partial charge in [-0.05, 0) is 37.8 Å². The number of aryl methyl sites for hydroxylation is 3. The van der Waals surface area contributed by atoms with Crippen LogP contribution < -0.4 is 11.0 Å². The van der Waals surface area contributed by atoms with Gasteiger partial charge in [0.25, 0.3) is 0 Å². The van der Waals surface area contributed by atoms with E-state index in [0.29, 0.717) is 19.4 Å². The van der Waals surface area contributed by atoms with Crippen LogP contribution in [-0.2, 0) is 24.2 Å². The quantitative estimate of drug-likeness (QED) is 0.895. The second-order valence-corrected chi connectivity index (χ2v) is 6.30. The van der Waals surface area contributed by atoms with E-state index in [2.05, 4.69) is 33.7 Å². The van der Waals surface area contributed by atoms with Crippen molar-refractivity contribution in [3.8, 4) is 0 Å². The van der Waals surface area contributed by atoms with Crippen molar-refractivity contribution in [1.29, 1.82) is 0 Å². The third-order valence-electron chi connectivity index (χ3n) is 4.48. The SMILES string of the molecule is Cc1ccc(C)c(CC(=O)NC2CCc3n[nH]c(=O)n3CC2)c1. The molecule has 0 saturated heterocycles. The summed E-state index contributed by atoms with van der Waals surface area (Å²) < 4.78 is 1.66. The molecule has 0 bridgehead atoms. The maximum Gasteiger partial charge on any atom is 0.343 e. The molecule has 122 valence electrons. The Bertz CT molecular complexity index is 775. The van der Waals surface area contributed by atoms with Crippen LogP contribution in [0, 0.1) is 13.8 Å². The standard InChI is InChI=1S/C17H22N4O2/c1-11-3-4-12(2)13(9-11)10-16(22)18-14-5-6-15-19-20-17(23)21(15)8-7-14/h3-4,9,14H,5-8,10H2,1-2H3,(H,18,22)(H,20,23). The first-order valence-electron chi connectivity index (χ1n) is 8.02. The molecule has 1 aromatic heterocycles. The average molecular weight is 314 g/mol. The van der Waals surface area contributed by atoms with Gasteiger partial charge in [0.05, 0.1) is 6.42 Å². The van der Waals surface area contributed by atoms with Crippen LogP contribution in [0.2, 0.25) is 0 Å². The zero-order valence-corrected chi connectivity index (χ0v) is 13.6. The normalized spacial score (nSPS) is 17.4. The molecule has 0 fully saturated rings. The van der Waals surface area contributed by atoms with Gasteiger partial charge in [-0.3, -0.25) is 9.36 Å². The van der Waals surface area contributed by atoms with Gasteiger partial charge in [-0.15, -0.1) is 0 Å². The van der Waals surface area contributed by atoms with E-state index in [-0.39, 0.29) is 17.6 Å². The molecule has 23 heavy (non-hydrogen) atoms. The molecule has 1 aromatic carbocycles. The Morgan fingerprint density at radius 1 is 1.39 bits per heavy atom. The number of H-pyrrole nitrogens is 1. The van der Waals surface area contributed by atoms with Gasteiger partial charge < -0.3 is 5.32 Å². The first kappa shape index (κ1) is 15.5. The van der Waals surface area contributed by atoms with E-state index in [1.54, 1.807) is 4.57 Å². The highest BCUT2D eigenvalue weighted by Crippen LogP contribution is 2.14. The molecule has 2 aromatic rings. The monoisotopic (exact) mass is 314 g/mol. The summed E-state index contributed by atoms with van der Waals surface area (Å²) >= 11 is 0. The lowest BCUT2D eigenvalue weighted by Crippen LogP contribution is -2.36. The minimum Gasteiger partial charge on any atom is -0.353 e. The molecule has 2 heterocycles. The molecule has 1 aliphatic heterocycles. The van der Waals surface area contributed by atoms with Crippen molar-refractivity contribution in [3.05, 3.63) is 51.2 Å². The Labute approximate surface area is 134 Å². The van der Waals surface area contributed by atoms with Crippen molar-refractivity contribution >= 4 is 5.91 Å². The Kier molecular flexibility index (Phi) is 4.32. The van der Waals surface area contributed by atoms with Crippen molar-refractivity contribution in [1.82, 2.24) is 20.1 Å². The maximum atomic E-state index is 12.3. The van der Waals surface area contributed by atoms with E-state index in [1.165, 1.54) is 0 Å². The van der Waals surface area contributed by atoms with Crippen molar-refractivity contribution < 1.29 is 4.79 Å². The number of carbonyl (C=O) groups excluding carboxylic acids is 1. The molecule has 0 spiro atoms. The topological polar surface area (TPSA) is 79.8 Å². The van der Waals surface area contributed by atoms with Crippen LogP contribution in [0.15, 0.2) is 23.0 Å². The summed E-state index contributed by atoms with van der Waals surface area (Å²) in [5.41, 5.74) is 3.21. The smallest absolute Gasteiger partial charge is 0.343 e. The molecule has 0 saturated carbocycles. The fourth-order valence-corrected chi connectivity index (χ4v) is 3.09. The summed E-state index contributed by atoms with van der Waals surface area (Å²) in [6.45, 7) is 4.66. The second kappa shape index (κ2) is 6.40. The second-order valence-electron chi connectivity index (χ2n) is 6.30. The molecule has 3 rings (SSSR count). The maximum absolute atomic E-state index is 12.3. The van der Waals surface area contributed by atoms with Crippen LogP contribution in [0.25, 0.3) is 0 Å². The summed E-state index contributed by atoms with van der Waals surface area (Å²) in [5, 5.41) is 9.61. The fourth-order valence-electron chi connectivity index (χ4n) is 3.09. The highest BCUT2D eigenvalue weighted by molar-refractivity contribution is 5.79. The average Bonchev–Trinajstić information content (AvgIpc) is 2.73. The molecular weight excluding hydrogens is 292 g/mol. The molecule has 6 nitrogen and oxygen atoms in total. The van der Waals surface area contributed by atoms with E-state index in [9.17, 15) is 9.59 Å². The number of rotatable bonds is 3. The first-order chi connectivity index (χ1) is 11.0. The lowest BCUT2D eigenvalue weighted by molar-refractivity contribution is -0.121. The number of amides is 1. The van der Waals surface area contributed by atoms with Crippen LogP contribution >= 0.6 is 0 Å². The van der Waals surface area contributed by atoms with Crippen molar-refractivity contribution in [2.45, 2.75) is 52.1 Å². The van der Waals surface area contributed by atoms with E-state index in [0.717, 1.165) is 35.4 Å². The number of nitrogens with zero attached hydrogens (tertiary/aromatic N) is 2. The zero-order valence-electron chi connectivity index (χ0n) is 13.6. The van der Waals surface area contributed by atoms with E-state index < -0.39 is 0 Å². The Morgan fingerprint density at radius 3 is 3.04 bits per heavy atom. The predicted octanol–water partition coefficient (Wildman–Crippen LogP) is 1.25. The number of carbonyl (C=O) groups is 1. The number of nitrogens with one attached hydrogen (secondary N) is 2. The zero-order chi connectivity index (χ0) is 16.4. The number of benzene rings is 1.